The lowest BCUT2D eigenvalue weighted by Crippen LogP contribution is -2.45. The predicted molar refractivity (Wildman–Crippen MR) is 368 cm³/mol. The number of nitrogens with one attached hydrogen (secondary N) is 1. The minimum absolute atomic E-state index is 0.0218. The minimum atomic E-state index is -0.660. The van der Waals surface area contributed by atoms with Gasteiger partial charge < -0.3 is 15.5 Å². The molecule has 0 bridgehead atoms. The first kappa shape index (κ1) is 80.3. The van der Waals surface area contributed by atoms with Crippen molar-refractivity contribution in [2.45, 2.75) is 437 Å². The van der Waals surface area contributed by atoms with Gasteiger partial charge in [0.05, 0.1) is 18.8 Å². The number of unbranched alkanes of at least 4 members (excludes halogenated alkanes) is 56. The molecule has 4 heteroatoms. The maximum atomic E-state index is 12.6. The number of amides is 1. The lowest BCUT2D eigenvalue weighted by atomic mass is 10.0. The summed E-state index contributed by atoms with van der Waals surface area (Å²) in [6, 6.07) is -0.537. The van der Waals surface area contributed by atoms with Crippen molar-refractivity contribution in [3.05, 3.63) is 48.6 Å². The molecule has 0 saturated heterocycles. The van der Waals surface area contributed by atoms with Gasteiger partial charge in [-0.1, -0.05) is 416 Å². The van der Waals surface area contributed by atoms with Crippen LogP contribution in [0.2, 0.25) is 0 Å². The highest BCUT2D eigenvalue weighted by molar-refractivity contribution is 5.76. The van der Waals surface area contributed by atoms with E-state index in [0.717, 1.165) is 51.4 Å². The van der Waals surface area contributed by atoms with E-state index in [2.05, 4.69) is 67.8 Å². The van der Waals surface area contributed by atoms with Crippen molar-refractivity contribution in [3.63, 3.8) is 0 Å². The van der Waals surface area contributed by atoms with Crippen LogP contribution in [0.1, 0.15) is 425 Å². The summed E-state index contributed by atoms with van der Waals surface area (Å²) in [5.41, 5.74) is 0. The first-order valence-electron chi connectivity index (χ1n) is 37.8. The molecule has 0 fully saturated rings. The topological polar surface area (TPSA) is 69.6 Å². The normalized spacial score (nSPS) is 12.9. The van der Waals surface area contributed by atoms with E-state index in [1.807, 2.05) is 0 Å². The molecule has 0 aromatic heterocycles. The van der Waals surface area contributed by atoms with Gasteiger partial charge in [0.2, 0.25) is 5.91 Å². The molecule has 0 spiro atoms. The van der Waals surface area contributed by atoms with Crippen molar-refractivity contribution in [3.8, 4) is 0 Å². The molecule has 0 aliphatic heterocycles. The Morgan fingerprint density at radius 2 is 0.537 bits per heavy atom. The molecule has 0 heterocycles. The Kier molecular flexibility index (Phi) is 72.1. The molecule has 82 heavy (non-hydrogen) atoms. The highest BCUT2D eigenvalue weighted by Gasteiger charge is 2.20. The molecule has 0 aliphatic rings. The SMILES string of the molecule is CC/C=C\C/C=C\C/C=C\C/C=C\CCCCCCCCCCCCCCCCCCCCCCCCCCC(=O)NC(CO)C(O)CCCCCCCCCCCCCCCCCCCCCCCCCCCCCCCCCCC. The summed E-state index contributed by atoms with van der Waals surface area (Å²) in [6.45, 7) is 4.30. The van der Waals surface area contributed by atoms with Crippen molar-refractivity contribution < 1.29 is 15.0 Å². The van der Waals surface area contributed by atoms with Crippen LogP contribution < -0.4 is 5.32 Å². The smallest absolute Gasteiger partial charge is 0.220 e. The standard InChI is InChI=1S/C78H149NO3/c1-3-5-7-9-11-13-15-17-19-21-23-25-27-29-31-33-35-37-38-39-40-42-44-46-48-50-52-54-56-58-60-62-64-66-68-70-72-74-78(82)79-76(75-80)77(81)73-71-69-67-65-63-61-59-57-55-53-51-49-47-45-43-41-36-34-32-30-28-26-24-22-20-18-16-14-12-10-8-6-4-2/h5,7,11,13,17,19,23,25,76-77,80-81H,3-4,6,8-10,12,14-16,18,20-22,24,26-75H2,1-2H3,(H,79,82)/b7-5-,13-11-,19-17-,25-23-. The van der Waals surface area contributed by atoms with Crippen LogP contribution in [0.3, 0.4) is 0 Å². The first-order chi connectivity index (χ1) is 40.7. The second-order valence-corrected chi connectivity index (χ2v) is 26.1. The van der Waals surface area contributed by atoms with Crippen LogP contribution in [0, 0.1) is 0 Å². The molecule has 1 amide bonds. The molecule has 0 aliphatic carbocycles. The molecule has 0 saturated carbocycles. The summed E-state index contributed by atoms with van der Waals surface area (Å²) in [5.74, 6) is -0.0218. The molecule has 0 aromatic rings. The fraction of sp³-hybridized carbons (Fsp3) is 0.885. The Labute approximate surface area is 515 Å². The van der Waals surface area contributed by atoms with Crippen molar-refractivity contribution in [1.82, 2.24) is 5.32 Å². The highest BCUT2D eigenvalue weighted by Crippen LogP contribution is 2.20. The quantitative estimate of drug-likeness (QED) is 0.0420. The van der Waals surface area contributed by atoms with Crippen LogP contribution in [-0.2, 0) is 4.79 Å². The van der Waals surface area contributed by atoms with Gasteiger partial charge in [0, 0.05) is 6.42 Å². The van der Waals surface area contributed by atoms with E-state index in [1.165, 1.54) is 347 Å². The van der Waals surface area contributed by atoms with Gasteiger partial charge in [0.15, 0.2) is 0 Å². The third kappa shape index (κ3) is 69.1. The summed E-state index contributed by atoms with van der Waals surface area (Å²) in [7, 11) is 0. The maximum absolute atomic E-state index is 12.6. The summed E-state index contributed by atoms with van der Waals surface area (Å²) >= 11 is 0. The Balaban J connectivity index is 3.37. The number of rotatable bonds is 71. The molecular formula is C78H149NO3. The largest absolute Gasteiger partial charge is 0.394 e. The second kappa shape index (κ2) is 73.6. The highest BCUT2D eigenvalue weighted by atomic mass is 16.3. The van der Waals surface area contributed by atoms with Gasteiger partial charge in [0.1, 0.15) is 0 Å². The molecule has 0 aromatic carbocycles. The van der Waals surface area contributed by atoms with E-state index in [1.54, 1.807) is 0 Å². The Bertz CT molecular complexity index is 1300. The van der Waals surface area contributed by atoms with Crippen LogP contribution in [0.5, 0.6) is 0 Å². The average Bonchev–Trinajstić information content (AvgIpc) is 3.50. The maximum Gasteiger partial charge on any atom is 0.220 e. The molecule has 0 rings (SSSR count). The van der Waals surface area contributed by atoms with E-state index in [9.17, 15) is 15.0 Å². The van der Waals surface area contributed by atoms with Crippen LogP contribution >= 0.6 is 0 Å². The van der Waals surface area contributed by atoms with Gasteiger partial charge in [0.25, 0.3) is 0 Å². The van der Waals surface area contributed by atoms with Crippen molar-refractivity contribution in [2.24, 2.45) is 0 Å². The fourth-order valence-electron chi connectivity index (χ4n) is 12.2. The molecule has 3 N–H and O–H groups in total. The zero-order chi connectivity index (χ0) is 59.1. The third-order valence-corrected chi connectivity index (χ3v) is 17.9. The van der Waals surface area contributed by atoms with Gasteiger partial charge in [-0.3, -0.25) is 4.79 Å². The Hall–Kier alpha value is -1.65. The molecule has 484 valence electrons. The third-order valence-electron chi connectivity index (χ3n) is 17.9. The van der Waals surface area contributed by atoms with Crippen molar-refractivity contribution in [1.29, 1.82) is 0 Å². The first-order valence-corrected chi connectivity index (χ1v) is 37.8. The van der Waals surface area contributed by atoms with Gasteiger partial charge in [-0.15, -0.1) is 0 Å². The monoisotopic (exact) mass is 1150 g/mol. The van der Waals surface area contributed by atoms with Crippen LogP contribution in [0.15, 0.2) is 48.6 Å². The fourth-order valence-corrected chi connectivity index (χ4v) is 12.2. The number of hydrogen-bond donors (Lipinski definition) is 3. The van der Waals surface area contributed by atoms with Crippen LogP contribution in [-0.4, -0.2) is 34.9 Å². The minimum Gasteiger partial charge on any atom is -0.394 e. The zero-order valence-corrected chi connectivity index (χ0v) is 56.0. The van der Waals surface area contributed by atoms with Gasteiger partial charge in [-0.2, -0.15) is 0 Å². The van der Waals surface area contributed by atoms with Crippen molar-refractivity contribution >= 4 is 5.91 Å². The molecule has 4 nitrogen and oxygen atoms in total. The Morgan fingerprint density at radius 1 is 0.305 bits per heavy atom. The lowest BCUT2D eigenvalue weighted by molar-refractivity contribution is -0.123. The van der Waals surface area contributed by atoms with Gasteiger partial charge in [-0.25, -0.2) is 0 Å². The number of aliphatic hydroxyl groups excluding tert-OH is 2. The molecular weight excluding hydrogens is 999 g/mol. The predicted octanol–water partition coefficient (Wildman–Crippen LogP) is 26.1. The van der Waals surface area contributed by atoms with E-state index in [-0.39, 0.29) is 12.5 Å². The number of allylic oxidation sites excluding steroid dienone is 8. The average molecular weight is 1150 g/mol. The number of aliphatic hydroxyl groups is 2. The Morgan fingerprint density at radius 3 is 0.805 bits per heavy atom. The summed E-state index contributed by atoms with van der Waals surface area (Å²) < 4.78 is 0. The van der Waals surface area contributed by atoms with Crippen molar-refractivity contribution in [2.75, 3.05) is 6.61 Å². The molecule has 0 radical (unpaired) electrons. The summed E-state index contributed by atoms with van der Waals surface area (Å²) in [5, 5.41) is 23.5. The summed E-state index contributed by atoms with van der Waals surface area (Å²) in [6.07, 6.45) is 103. The molecule has 2 unspecified atom stereocenters. The second-order valence-electron chi connectivity index (χ2n) is 26.1. The lowest BCUT2D eigenvalue weighted by Gasteiger charge is -2.22. The van der Waals surface area contributed by atoms with E-state index < -0.39 is 12.1 Å². The number of carbonyl (C=O) groups is 1. The van der Waals surface area contributed by atoms with E-state index in [4.69, 9.17) is 0 Å². The number of carbonyl (C=O) groups excluding carboxylic acids is 1. The van der Waals surface area contributed by atoms with E-state index >= 15 is 0 Å². The van der Waals surface area contributed by atoms with Gasteiger partial charge in [-0.05, 0) is 51.4 Å². The van der Waals surface area contributed by atoms with Crippen LogP contribution in [0.4, 0.5) is 0 Å². The van der Waals surface area contributed by atoms with Gasteiger partial charge >= 0.3 is 0 Å². The van der Waals surface area contributed by atoms with Crippen LogP contribution in [0.25, 0.3) is 0 Å². The zero-order valence-electron chi connectivity index (χ0n) is 56.0. The molecule has 2 atom stereocenters. The van der Waals surface area contributed by atoms with E-state index in [0.29, 0.717) is 12.8 Å². The number of hydrogen-bond acceptors (Lipinski definition) is 3. The summed E-state index contributed by atoms with van der Waals surface area (Å²) in [4.78, 5) is 12.6.